The van der Waals surface area contributed by atoms with Gasteiger partial charge in [-0.25, -0.2) is 4.79 Å². The Morgan fingerprint density at radius 2 is 1.83 bits per heavy atom. The maximum atomic E-state index is 12.4. The average molecular weight is 587 g/mol. The number of methoxy groups -OCH3 is 1. The minimum atomic E-state index is -1.39. The molecule has 0 aliphatic rings. The van der Waals surface area contributed by atoms with E-state index in [0.29, 0.717) is 25.9 Å². The molecule has 2 rings (SSSR count). The number of carbonyl (C=O) groups excluding carboxylic acids is 2. The van der Waals surface area contributed by atoms with E-state index in [1.165, 1.54) is 0 Å². The minimum Gasteiger partial charge on any atom is -0.497 e. The second-order valence-corrected chi connectivity index (χ2v) is 11.4. The first kappa shape index (κ1) is 34.1. The second kappa shape index (κ2) is 15.8. The highest BCUT2D eigenvalue weighted by molar-refractivity contribution is 5.92. The normalized spacial score (nSPS) is 13.5. The van der Waals surface area contributed by atoms with Crippen LogP contribution in [-0.2, 0) is 19.8 Å². The lowest BCUT2D eigenvalue weighted by Gasteiger charge is -2.21. The maximum Gasteiger partial charge on any atom is 0.326 e. The fourth-order valence-corrected chi connectivity index (χ4v) is 4.21. The lowest BCUT2D eigenvalue weighted by atomic mass is 9.91. The standard InChI is InChI=1S/C29H46N8O5/c1-17(35-21-15-19(42-5)14-18-10-11-23(29(2,3)4)37-25(18)21)8-6-12-33-24(38)16-22(27(40)41)36-26(39)20(30)9-7-13-34-28(31)32/h10-11,14-15,17,20,22,35H,6-9,12-13,16,30H2,1-5H3,(H,33,38)(H,36,39)(H,40,41)(H4,31,32,34)/t17?,20-,22+/m1/s1. The quantitative estimate of drug-likeness (QED) is 0.0855. The molecule has 3 atom stereocenters. The van der Waals surface area contributed by atoms with E-state index >= 15 is 0 Å². The highest BCUT2D eigenvalue weighted by Gasteiger charge is 2.25. The molecule has 1 unspecified atom stereocenters. The van der Waals surface area contributed by atoms with E-state index in [4.69, 9.17) is 26.9 Å². The summed E-state index contributed by atoms with van der Waals surface area (Å²) in [5.74, 6) is -1.80. The number of rotatable bonds is 16. The van der Waals surface area contributed by atoms with Crippen LogP contribution in [0.4, 0.5) is 5.69 Å². The van der Waals surface area contributed by atoms with Crippen molar-refractivity contribution in [3.8, 4) is 5.75 Å². The zero-order chi connectivity index (χ0) is 31.4. The summed E-state index contributed by atoms with van der Waals surface area (Å²) < 4.78 is 5.48. The number of guanidine groups is 1. The van der Waals surface area contributed by atoms with Crippen LogP contribution in [0, 0.1) is 0 Å². The van der Waals surface area contributed by atoms with Gasteiger partial charge in [-0.1, -0.05) is 26.8 Å². The Hall–Kier alpha value is -4.13. The summed E-state index contributed by atoms with van der Waals surface area (Å²) in [4.78, 5) is 45.1. The van der Waals surface area contributed by atoms with Gasteiger partial charge in [0.2, 0.25) is 11.8 Å². The van der Waals surface area contributed by atoms with Gasteiger partial charge in [0, 0.05) is 41.7 Å². The van der Waals surface area contributed by atoms with Gasteiger partial charge in [-0.3, -0.25) is 19.6 Å². The topological polar surface area (TPSA) is 220 Å². The number of aromatic nitrogens is 1. The van der Waals surface area contributed by atoms with E-state index in [9.17, 15) is 19.5 Å². The van der Waals surface area contributed by atoms with E-state index in [-0.39, 0.29) is 23.8 Å². The van der Waals surface area contributed by atoms with E-state index in [2.05, 4.69) is 41.7 Å². The number of aliphatic carboxylic acids is 1. The highest BCUT2D eigenvalue weighted by atomic mass is 16.5. The summed E-state index contributed by atoms with van der Waals surface area (Å²) in [7, 11) is 1.62. The number of hydrogen-bond acceptors (Lipinski definition) is 8. The van der Waals surface area contributed by atoms with Crippen LogP contribution in [0.2, 0.25) is 0 Å². The molecule has 10 N–H and O–H groups in total. The van der Waals surface area contributed by atoms with Crippen molar-refractivity contribution in [2.24, 2.45) is 22.2 Å². The molecule has 0 spiro atoms. The molecule has 0 saturated heterocycles. The molecule has 0 saturated carbocycles. The Bertz CT molecular complexity index is 1260. The highest BCUT2D eigenvalue weighted by Crippen LogP contribution is 2.31. The van der Waals surface area contributed by atoms with Gasteiger partial charge >= 0.3 is 5.97 Å². The second-order valence-electron chi connectivity index (χ2n) is 11.4. The Labute approximate surface area is 247 Å². The maximum absolute atomic E-state index is 12.4. The van der Waals surface area contributed by atoms with Crippen LogP contribution >= 0.6 is 0 Å². The van der Waals surface area contributed by atoms with Crippen molar-refractivity contribution < 1.29 is 24.2 Å². The van der Waals surface area contributed by atoms with Crippen molar-refractivity contribution >= 4 is 40.3 Å². The third-order valence-corrected chi connectivity index (χ3v) is 6.62. The number of amides is 2. The fraction of sp³-hybridized carbons (Fsp3) is 0.552. The number of nitrogens with one attached hydrogen (secondary N) is 3. The largest absolute Gasteiger partial charge is 0.497 e. The van der Waals surface area contributed by atoms with Crippen LogP contribution in [0.15, 0.2) is 29.3 Å². The first-order chi connectivity index (χ1) is 19.7. The fourth-order valence-electron chi connectivity index (χ4n) is 4.21. The number of hydrogen-bond donors (Lipinski definition) is 7. The summed E-state index contributed by atoms with van der Waals surface area (Å²) in [6.45, 7) is 9.05. The zero-order valence-corrected chi connectivity index (χ0v) is 25.2. The average Bonchev–Trinajstić information content (AvgIpc) is 2.91. The van der Waals surface area contributed by atoms with Crippen LogP contribution in [0.5, 0.6) is 5.75 Å². The van der Waals surface area contributed by atoms with E-state index < -0.39 is 36.3 Å². The van der Waals surface area contributed by atoms with E-state index in [1.54, 1.807) is 7.11 Å². The van der Waals surface area contributed by atoms with Crippen LogP contribution in [0.25, 0.3) is 10.9 Å². The van der Waals surface area contributed by atoms with Gasteiger partial charge in [-0.05, 0) is 44.7 Å². The van der Waals surface area contributed by atoms with Gasteiger partial charge in [0.05, 0.1) is 30.8 Å². The number of ether oxygens (including phenoxy) is 1. The number of pyridine rings is 1. The zero-order valence-electron chi connectivity index (χ0n) is 25.2. The minimum absolute atomic E-state index is 0.0526. The first-order valence-electron chi connectivity index (χ1n) is 14.1. The summed E-state index contributed by atoms with van der Waals surface area (Å²) in [5, 5.41) is 19.0. The summed E-state index contributed by atoms with van der Waals surface area (Å²) in [6, 6.07) is 5.67. The van der Waals surface area contributed by atoms with Gasteiger partial charge in [-0.15, -0.1) is 0 Å². The molecule has 232 valence electrons. The van der Waals surface area contributed by atoms with Gasteiger partial charge in [0.25, 0.3) is 0 Å². The predicted molar refractivity (Wildman–Crippen MR) is 164 cm³/mol. The molecule has 1 aromatic carbocycles. The Balaban J connectivity index is 1.87. The molecule has 1 aromatic heterocycles. The molecule has 42 heavy (non-hydrogen) atoms. The number of carbonyl (C=O) groups is 3. The van der Waals surface area contributed by atoms with Crippen LogP contribution in [-0.4, -0.2) is 72.2 Å². The molecule has 13 heteroatoms. The Morgan fingerprint density at radius 3 is 2.45 bits per heavy atom. The van der Waals surface area contributed by atoms with Crippen molar-refractivity contribution in [2.45, 2.75) is 83.3 Å². The number of anilines is 1. The summed E-state index contributed by atoms with van der Waals surface area (Å²) in [6.07, 6.45) is 1.67. The molecule has 0 aliphatic heterocycles. The number of benzene rings is 1. The molecule has 0 fully saturated rings. The third-order valence-electron chi connectivity index (χ3n) is 6.62. The molecule has 0 radical (unpaired) electrons. The van der Waals surface area contributed by atoms with Crippen LogP contribution in [0.1, 0.15) is 65.5 Å². The molecule has 0 bridgehead atoms. The lowest BCUT2D eigenvalue weighted by Crippen LogP contribution is -2.50. The smallest absolute Gasteiger partial charge is 0.326 e. The third kappa shape index (κ3) is 11.0. The number of aliphatic imine (C=N–C) groups is 1. The van der Waals surface area contributed by atoms with Crippen LogP contribution < -0.4 is 37.9 Å². The molecular formula is C29H46N8O5. The number of carboxylic acid groups (broad SMARTS) is 1. The van der Waals surface area contributed by atoms with Gasteiger partial charge < -0.3 is 43.0 Å². The van der Waals surface area contributed by atoms with Crippen molar-refractivity contribution in [1.29, 1.82) is 0 Å². The van der Waals surface area contributed by atoms with Crippen LogP contribution in [0.3, 0.4) is 0 Å². The first-order valence-corrected chi connectivity index (χ1v) is 14.1. The van der Waals surface area contributed by atoms with Gasteiger partial charge in [0.1, 0.15) is 11.8 Å². The summed E-state index contributed by atoms with van der Waals surface area (Å²) >= 11 is 0. The monoisotopic (exact) mass is 586 g/mol. The Kier molecular flexibility index (Phi) is 12.8. The Morgan fingerprint density at radius 1 is 1.12 bits per heavy atom. The molecule has 2 amide bonds. The van der Waals surface area contributed by atoms with Crippen molar-refractivity contribution in [2.75, 3.05) is 25.5 Å². The van der Waals surface area contributed by atoms with E-state index in [1.807, 2.05) is 31.2 Å². The SMILES string of the molecule is COc1cc(NC(C)CCCNC(=O)C[C@H](NC(=O)[C@H](N)CCCN=C(N)N)C(=O)O)c2nc(C(C)(C)C)ccc2c1. The predicted octanol–water partition coefficient (Wildman–Crippen LogP) is 1.58. The van der Waals surface area contributed by atoms with Crippen molar-refractivity contribution in [3.05, 3.63) is 30.0 Å². The molecule has 2 aromatic rings. The van der Waals surface area contributed by atoms with Crippen molar-refractivity contribution in [3.63, 3.8) is 0 Å². The molecular weight excluding hydrogens is 540 g/mol. The number of nitrogens with zero attached hydrogens (tertiary/aromatic N) is 2. The number of carboxylic acids is 1. The molecule has 13 nitrogen and oxygen atoms in total. The lowest BCUT2D eigenvalue weighted by molar-refractivity contribution is -0.143. The summed E-state index contributed by atoms with van der Waals surface area (Å²) in [5.41, 5.74) is 19.0. The number of nitrogens with two attached hydrogens (primary N) is 3. The van der Waals surface area contributed by atoms with Gasteiger partial charge in [-0.2, -0.15) is 0 Å². The number of fused-ring (bicyclic) bond motifs is 1. The molecule has 0 aliphatic carbocycles. The van der Waals surface area contributed by atoms with E-state index in [0.717, 1.165) is 34.5 Å². The van der Waals surface area contributed by atoms with Crippen molar-refractivity contribution in [1.82, 2.24) is 15.6 Å². The van der Waals surface area contributed by atoms with Gasteiger partial charge in [0.15, 0.2) is 5.96 Å². The molecule has 1 heterocycles.